The van der Waals surface area contributed by atoms with Gasteiger partial charge in [-0.3, -0.25) is 4.79 Å². The summed E-state index contributed by atoms with van der Waals surface area (Å²) in [6, 6.07) is 9.50. The van der Waals surface area contributed by atoms with Gasteiger partial charge in [-0.05, 0) is 12.0 Å². The Morgan fingerprint density at radius 2 is 1.10 bits per heavy atom. The lowest BCUT2D eigenvalue weighted by Crippen LogP contribution is -2.28. The maximum atomic E-state index is 11.7. The van der Waals surface area contributed by atoms with Gasteiger partial charge in [-0.1, -0.05) is 75.8 Å². The first kappa shape index (κ1) is 35.8. The molecule has 0 aliphatic carbocycles. The number of hydrogen-bond acceptors (Lipinski definition) is 9. The molecule has 0 saturated carbocycles. The Balaban J connectivity index is 1.70. The lowest BCUT2D eigenvalue weighted by Gasteiger charge is -2.09. The highest BCUT2D eigenvalue weighted by atomic mass is 16.6. The van der Waals surface area contributed by atoms with Crippen LogP contribution in [0.15, 0.2) is 30.3 Å². The van der Waals surface area contributed by atoms with Crippen molar-refractivity contribution in [3.8, 4) is 0 Å². The third-order valence-electron chi connectivity index (χ3n) is 5.69. The number of benzene rings is 1. The van der Waals surface area contributed by atoms with Crippen molar-refractivity contribution in [2.45, 2.75) is 64.9 Å². The maximum Gasteiger partial charge on any atom is 0.407 e. The second kappa shape index (κ2) is 28.3. The zero-order valence-corrected chi connectivity index (χ0v) is 24.4. The molecule has 0 aliphatic rings. The van der Waals surface area contributed by atoms with E-state index in [4.69, 9.17) is 33.2 Å². The van der Waals surface area contributed by atoms with Crippen LogP contribution in [-0.4, -0.2) is 91.3 Å². The zero-order chi connectivity index (χ0) is 28.8. The Morgan fingerprint density at radius 1 is 0.600 bits per heavy atom. The molecule has 1 aromatic rings. The van der Waals surface area contributed by atoms with E-state index in [9.17, 15) is 9.59 Å². The molecule has 1 amide bonds. The van der Waals surface area contributed by atoms with Gasteiger partial charge in [0.2, 0.25) is 0 Å². The third-order valence-corrected chi connectivity index (χ3v) is 5.69. The van der Waals surface area contributed by atoms with Gasteiger partial charge in [0.25, 0.3) is 0 Å². The summed E-state index contributed by atoms with van der Waals surface area (Å²) >= 11 is 0. The molecule has 230 valence electrons. The molecule has 0 spiro atoms. The van der Waals surface area contributed by atoms with Crippen LogP contribution in [0.4, 0.5) is 4.79 Å². The largest absolute Gasteiger partial charge is 0.463 e. The maximum absolute atomic E-state index is 11.7. The smallest absolute Gasteiger partial charge is 0.407 e. The van der Waals surface area contributed by atoms with Crippen LogP contribution in [0, 0.1) is 0 Å². The minimum absolute atomic E-state index is 0.145. The molecule has 0 aliphatic heterocycles. The van der Waals surface area contributed by atoms with E-state index in [-0.39, 0.29) is 19.2 Å². The zero-order valence-electron chi connectivity index (χ0n) is 24.4. The summed E-state index contributed by atoms with van der Waals surface area (Å²) in [5.74, 6) is -0.145. The molecular formula is C30H51NO9. The average molecular weight is 570 g/mol. The summed E-state index contributed by atoms with van der Waals surface area (Å²) in [5.41, 5.74) is 0.939. The molecule has 1 aromatic carbocycles. The summed E-state index contributed by atoms with van der Waals surface area (Å²) in [5, 5.41) is 2.64. The van der Waals surface area contributed by atoms with Gasteiger partial charge in [-0.2, -0.15) is 0 Å². The highest BCUT2D eigenvalue weighted by molar-refractivity contribution is 5.69. The fourth-order valence-electron chi connectivity index (χ4n) is 3.49. The van der Waals surface area contributed by atoms with E-state index in [0.717, 1.165) is 18.4 Å². The molecule has 0 radical (unpaired) electrons. The SMILES string of the molecule is CCCCCCCCCC(=O)OCCOCCOCCOCCOCCOCCNC(=O)OCc1ccccc1. The van der Waals surface area contributed by atoms with Crippen molar-refractivity contribution in [1.29, 1.82) is 0 Å². The van der Waals surface area contributed by atoms with E-state index in [1.54, 1.807) is 0 Å². The number of nitrogens with one attached hydrogen (secondary N) is 1. The van der Waals surface area contributed by atoms with Gasteiger partial charge in [0.1, 0.15) is 13.2 Å². The predicted octanol–water partition coefficient (Wildman–Crippen LogP) is 4.68. The molecule has 1 rings (SSSR count). The lowest BCUT2D eigenvalue weighted by atomic mass is 10.1. The van der Waals surface area contributed by atoms with Crippen molar-refractivity contribution < 1.29 is 42.7 Å². The van der Waals surface area contributed by atoms with E-state index in [1.165, 1.54) is 32.1 Å². The molecule has 40 heavy (non-hydrogen) atoms. The van der Waals surface area contributed by atoms with Gasteiger partial charge in [-0.25, -0.2) is 4.79 Å². The minimum Gasteiger partial charge on any atom is -0.463 e. The first-order valence-corrected chi connectivity index (χ1v) is 14.7. The Kier molecular flexibility index (Phi) is 25.3. The number of hydrogen-bond donors (Lipinski definition) is 1. The van der Waals surface area contributed by atoms with Crippen LogP contribution in [0.1, 0.15) is 63.9 Å². The van der Waals surface area contributed by atoms with Gasteiger partial charge >= 0.3 is 12.1 Å². The van der Waals surface area contributed by atoms with Crippen molar-refractivity contribution in [3.05, 3.63) is 35.9 Å². The highest BCUT2D eigenvalue weighted by Gasteiger charge is 2.03. The fraction of sp³-hybridized carbons (Fsp3) is 0.733. The average Bonchev–Trinajstić information content (AvgIpc) is 2.97. The van der Waals surface area contributed by atoms with Crippen LogP contribution in [0.25, 0.3) is 0 Å². The summed E-state index contributed by atoms with van der Waals surface area (Å²) in [7, 11) is 0. The lowest BCUT2D eigenvalue weighted by molar-refractivity contribution is -0.145. The van der Waals surface area contributed by atoms with Gasteiger partial charge in [-0.15, -0.1) is 0 Å². The topological polar surface area (TPSA) is 111 Å². The minimum atomic E-state index is -0.468. The van der Waals surface area contributed by atoms with Crippen molar-refractivity contribution >= 4 is 12.1 Å². The van der Waals surface area contributed by atoms with Crippen LogP contribution in [0.2, 0.25) is 0 Å². The van der Waals surface area contributed by atoms with E-state index < -0.39 is 6.09 Å². The second-order valence-corrected chi connectivity index (χ2v) is 9.14. The first-order chi connectivity index (χ1) is 19.7. The standard InChI is InChI=1S/C30H51NO9/c1-2-3-4-5-6-7-11-14-29(32)39-26-25-38-24-23-37-22-21-36-20-19-35-18-17-34-16-15-31-30(33)40-27-28-12-9-8-10-13-28/h8-10,12-13H,2-7,11,14-27H2,1H3,(H,31,33). The van der Waals surface area contributed by atoms with Gasteiger partial charge in [0, 0.05) is 13.0 Å². The van der Waals surface area contributed by atoms with Crippen LogP contribution < -0.4 is 5.32 Å². The van der Waals surface area contributed by atoms with Gasteiger partial charge in [0.15, 0.2) is 0 Å². The van der Waals surface area contributed by atoms with Crippen molar-refractivity contribution in [1.82, 2.24) is 5.32 Å². The van der Waals surface area contributed by atoms with Crippen LogP contribution in [0.3, 0.4) is 0 Å². The van der Waals surface area contributed by atoms with E-state index in [0.29, 0.717) is 79.0 Å². The predicted molar refractivity (Wildman–Crippen MR) is 152 cm³/mol. The number of carbonyl (C=O) groups is 2. The van der Waals surface area contributed by atoms with Gasteiger partial charge in [0.05, 0.1) is 66.1 Å². The molecule has 0 saturated heterocycles. The number of amides is 1. The van der Waals surface area contributed by atoms with Crippen LogP contribution >= 0.6 is 0 Å². The summed E-state index contributed by atoms with van der Waals surface area (Å²) in [6.45, 7) is 7.53. The number of ether oxygens (including phenoxy) is 7. The van der Waals surface area contributed by atoms with Crippen molar-refractivity contribution in [2.75, 3.05) is 79.2 Å². The number of esters is 1. The van der Waals surface area contributed by atoms with E-state index in [2.05, 4.69) is 12.2 Å². The molecule has 0 fully saturated rings. The Bertz CT molecular complexity index is 706. The molecular weight excluding hydrogens is 518 g/mol. The third kappa shape index (κ3) is 24.8. The molecule has 10 nitrogen and oxygen atoms in total. The van der Waals surface area contributed by atoms with E-state index >= 15 is 0 Å². The number of carbonyl (C=O) groups excluding carboxylic acids is 2. The summed E-state index contributed by atoms with van der Waals surface area (Å²) < 4.78 is 37.4. The van der Waals surface area contributed by atoms with E-state index in [1.807, 2.05) is 30.3 Å². The normalized spacial score (nSPS) is 10.9. The van der Waals surface area contributed by atoms with Crippen molar-refractivity contribution in [2.24, 2.45) is 0 Å². The van der Waals surface area contributed by atoms with Gasteiger partial charge < -0.3 is 38.5 Å². The molecule has 0 bridgehead atoms. The second-order valence-electron chi connectivity index (χ2n) is 9.14. The van der Waals surface area contributed by atoms with Crippen LogP contribution in [0.5, 0.6) is 0 Å². The first-order valence-electron chi connectivity index (χ1n) is 14.7. The Labute approximate surface area is 240 Å². The fourth-order valence-corrected chi connectivity index (χ4v) is 3.49. The summed E-state index contributed by atoms with van der Waals surface area (Å²) in [4.78, 5) is 23.3. The molecule has 0 heterocycles. The number of unbranched alkanes of at least 4 members (excludes halogenated alkanes) is 6. The monoisotopic (exact) mass is 569 g/mol. The van der Waals surface area contributed by atoms with Crippen LogP contribution in [-0.2, 0) is 44.6 Å². The highest BCUT2D eigenvalue weighted by Crippen LogP contribution is 2.08. The molecule has 10 heteroatoms. The Morgan fingerprint density at radius 3 is 1.68 bits per heavy atom. The Hall–Kier alpha value is -2.24. The molecule has 1 N–H and O–H groups in total. The summed E-state index contributed by atoms with van der Waals surface area (Å²) in [6.07, 6.45) is 8.31. The molecule has 0 aromatic heterocycles. The van der Waals surface area contributed by atoms with Crippen molar-refractivity contribution in [3.63, 3.8) is 0 Å². The number of alkyl carbamates (subject to hydrolysis) is 1. The molecule has 0 atom stereocenters. The quantitative estimate of drug-likeness (QED) is 0.114. The molecule has 0 unspecified atom stereocenters. The number of rotatable bonds is 28.